The molecule has 3 heterocycles. The van der Waals surface area contributed by atoms with Crippen LogP contribution in [0.3, 0.4) is 0 Å². The first kappa shape index (κ1) is 23.3. The van der Waals surface area contributed by atoms with E-state index in [4.69, 9.17) is 11.2 Å². The molecule has 0 bridgehead atoms. The van der Waals surface area contributed by atoms with Crippen molar-refractivity contribution in [1.29, 1.82) is 0 Å². The Morgan fingerprint density at radius 3 is 2.80 bits per heavy atom. The third kappa shape index (κ3) is 4.61. The number of hydrogen-bond acceptors (Lipinski definition) is 6. The van der Waals surface area contributed by atoms with Crippen molar-refractivity contribution in [2.24, 2.45) is 4.99 Å². The predicted molar refractivity (Wildman–Crippen MR) is 131 cm³/mol. The number of imide groups is 1. The molecule has 1 aromatic rings. The van der Waals surface area contributed by atoms with Gasteiger partial charge in [0.15, 0.2) is 0 Å². The van der Waals surface area contributed by atoms with E-state index in [9.17, 15) is 14.4 Å². The summed E-state index contributed by atoms with van der Waals surface area (Å²) in [5, 5.41) is 2.34. The predicted octanol–water partition coefficient (Wildman–Crippen LogP) is 2.43. The van der Waals surface area contributed by atoms with Gasteiger partial charge in [-0.2, -0.15) is 0 Å². The highest BCUT2D eigenvalue weighted by Crippen LogP contribution is 2.34. The Morgan fingerprint density at radius 1 is 1.17 bits per heavy atom. The van der Waals surface area contributed by atoms with Crippen molar-refractivity contribution >= 4 is 23.9 Å². The first-order valence-electron chi connectivity index (χ1n) is 12.3. The van der Waals surface area contributed by atoms with E-state index < -0.39 is 11.9 Å². The van der Waals surface area contributed by atoms with Crippen LogP contribution in [0.15, 0.2) is 34.5 Å². The fraction of sp³-hybridized carbons (Fsp3) is 0.481. The molecule has 4 aliphatic rings. The number of amides is 3. The number of ether oxygens (including phenoxy) is 1. The van der Waals surface area contributed by atoms with Gasteiger partial charge in [-0.1, -0.05) is 5.92 Å². The number of piperidine rings is 1. The molecular formula is C27H30N4O4. The Bertz CT molecular complexity index is 1160. The summed E-state index contributed by atoms with van der Waals surface area (Å²) >= 11 is 0. The lowest BCUT2D eigenvalue weighted by molar-refractivity contribution is -0.136. The number of fused-ring (bicyclic) bond motifs is 1. The number of terminal acetylenes is 1. The van der Waals surface area contributed by atoms with E-state index in [0.717, 1.165) is 55.8 Å². The third-order valence-corrected chi connectivity index (χ3v) is 7.53. The van der Waals surface area contributed by atoms with Crippen LogP contribution in [0.1, 0.15) is 61.4 Å². The Morgan fingerprint density at radius 2 is 2.03 bits per heavy atom. The number of nitrogens with zero attached hydrogens (tertiary/aromatic N) is 3. The zero-order chi connectivity index (χ0) is 24.5. The zero-order valence-corrected chi connectivity index (χ0v) is 20.0. The van der Waals surface area contributed by atoms with Gasteiger partial charge in [-0.3, -0.25) is 29.6 Å². The van der Waals surface area contributed by atoms with Crippen molar-refractivity contribution in [3.8, 4) is 18.1 Å². The van der Waals surface area contributed by atoms with Crippen molar-refractivity contribution in [2.75, 3.05) is 13.1 Å². The number of carbonyl (C=O) groups is 3. The first-order valence-corrected chi connectivity index (χ1v) is 12.3. The molecule has 5 rings (SSSR count). The lowest BCUT2D eigenvalue weighted by Crippen LogP contribution is -2.52. The van der Waals surface area contributed by atoms with Crippen LogP contribution in [0.5, 0.6) is 5.75 Å². The Balaban J connectivity index is 1.26. The van der Waals surface area contributed by atoms with Gasteiger partial charge in [0.25, 0.3) is 5.91 Å². The summed E-state index contributed by atoms with van der Waals surface area (Å²) in [6.45, 7) is 4.26. The summed E-state index contributed by atoms with van der Waals surface area (Å²) in [5.41, 5.74) is 3.79. The minimum atomic E-state index is -0.610. The zero-order valence-electron chi connectivity index (χ0n) is 20.0. The quantitative estimate of drug-likeness (QED) is 0.402. The fourth-order valence-electron chi connectivity index (χ4n) is 5.77. The van der Waals surface area contributed by atoms with Crippen LogP contribution in [-0.4, -0.2) is 65.0 Å². The van der Waals surface area contributed by atoms with Crippen LogP contribution in [-0.2, 0) is 16.1 Å². The van der Waals surface area contributed by atoms with E-state index in [1.165, 1.54) is 11.8 Å². The molecule has 8 heteroatoms. The van der Waals surface area contributed by atoms with Crippen LogP contribution in [0.2, 0.25) is 0 Å². The monoisotopic (exact) mass is 474 g/mol. The second-order valence-corrected chi connectivity index (χ2v) is 9.75. The summed E-state index contributed by atoms with van der Waals surface area (Å²) in [6, 6.07) is 5.31. The van der Waals surface area contributed by atoms with Gasteiger partial charge < -0.3 is 9.64 Å². The van der Waals surface area contributed by atoms with Crippen molar-refractivity contribution < 1.29 is 19.1 Å². The molecule has 35 heavy (non-hydrogen) atoms. The van der Waals surface area contributed by atoms with Crippen molar-refractivity contribution in [3.05, 3.63) is 40.6 Å². The minimum Gasteiger partial charge on any atom is -0.489 e. The molecule has 0 radical (unpaired) electrons. The highest BCUT2D eigenvalue weighted by Gasteiger charge is 2.40. The Hall–Kier alpha value is -3.44. The van der Waals surface area contributed by atoms with Crippen LogP contribution in [0, 0.1) is 12.3 Å². The van der Waals surface area contributed by atoms with E-state index in [2.05, 4.69) is 28.1 Å². The second-order valence-electron chi connectivity index (χ2n) is 9.75. The van der Waals surface area contributed by atoms with Gasteiger partial charge >= 0.3 is 0 Å². The summed E-state index contributed by atoms with van der Waals surface area (Å²) in [4.78, 5) is 45.2. The molecule has 3 aliphatic heterocycles. The number of carbonyl (C=O) groups excluding carboxylic acids is 3. The Kier molecular flexibility index (Phi) is 6.44. The lowest BCUT2D eigenvalue weighted by atomic mass is 10.0. The molecule has 3 amide bonds. The number of rotatable bonds is 5. The SMILES string of the molecule is C#CC=NC1=C(C)CN([C@@H]2CCC[C@H]2Oc2ccc3c(c2)CN(C2CCC(=O)NC2=O)C3=O)CC1. The summed E-state index contributed by atoms with van der Waals surface area (Å²) in [7, 11) is 0. The number of benzene rings is 1. The molecule has 0 aromatic heterocycles. The van der Waals surface area contributed by atoms with Gasteiger partial charge in [0.1, 0.15) is 17.9 Å². The molecule has 2 fully saturated rings. The van der Waals surface area contributed by atoms with E-state index in [1.807, 2.05) is 12.1 Å². The van der Waals surface area contributed by atoms with Gasteiger partial charge in [0, 0.05) is 49.8 Å². The van der Waals surface area contributed by atoms with E-state index in [0.29, 0.717) is 24.6 Å². The molecule has 1 saturated heterocycles. The highest BCUT2D eigenvalue weighted by atomic mass is 16.5. The first-order chi connectivity index (χ1) is 16.9. The molecule has 182 valence electrons. The molecule has 1 aromatic carbocycles. The van der Waals surface area contributed by atoms with Gasteiger partial charge in [-0.25, -0.2) is 0 Å². The average molecular weight is 475 g/mol. The van der Waals surface area contributed by atoms with Gasteiger partial charge in [-0.05, 0) is 61.9 Å². The van der Waals surface area contributed by atoms with E-state index >= 15 is 0 Å². The van der Waals surface area contributed by atoms with Crippen LogP contribution in [0.4, 0.5) is 0 Å². The normalized spacial score (nSPS) is 27.4. The Labute approximate surface area is 205 Å². The van der Waals surface area contributed by atoms with E-state index in [1.54, 1.807) is 11.0 Å². The summed E-state index contributed by atoms with van der Waals surface area (Å²) < 4.78 is 6.48. The summed E-state index contributed by atoms with van der Waals surface area (Å²) in [5.74, 6) is 2.37. The van der Waals surface area contributed by atoms with Crippen LogP contribution in [0.25, 0.3) is 0 Å². The maximum absolute atomic E-state index is 12.9. The molecule has 1 N–H and O–H groups in total. The largest absolute Gasteiger partial charge is 0.489 e. The standard InChI is InChI=1S/C27H30N4O4/c1-3-12-28-21-11-13-30(15-17(21)2)22-5-4-6-24(22)35-19-7-8-20-18(14-19)16-31(27(20)34)23-9-10-25(32)29-26(23)33/h1,7-8,12,14,22-24H,4-6,9-11,13,15-16H2,2H3,(H,29,32,33)/t22-,23?,24-/m1/s1. The van der Waals surface area contributed by atoms with Crippen LogP contribution < -0.4 is 10.1 Å². The topological polar surface area (TPSA) is 91.3 Å². The van der Waals surface area contributed by atoms with Crippen LogP contribution >= 0.6 is 0 Å². The molecule has 1 aliphatic carbocycles. The molecule has 3 atom stereocenters. The third-order valence-electron chi connectivity index (χ3n) is 7.53. The molecule has 8 nitrogen and oxygen atoms in total. The minimum absolute atomic E-state index is 0.0833. The maximum atomic E-state index is 12.9. The fourth-order valence-corrected chi connectivity index (χ4v) is 5.77. The maximum Gasteiger partial charge on any atom is 0.255 e. The molecule has 1 unspecified atom stereocenters. The smallest absolute Gasteiger partial charge is 0.255 e. The molecular weight excluding hydrogens is 444 g/mol. The highest BCUT2D eigenvalue weighted by molar-refractivity contribution is 6.05. The van der Waals surface area contributed by atoms with Crippen molar-refractivity contribution in [2.45, 2.75) is 70.2 Å². The second kappa shape index (κ2) is 9.67. The lowest BCUT2D eigenvalue weighted by Gasteiger charge is -2.36. The van der Waals surface area contributed by atoms with Gasteiger partial charge in [-0.15, -0.1) is 6.42 Å². The summed E-state index contributed by atoms with van der Waals surface area (Å²) in [6.07, 6.45) is 11.6. The number of nitrogens with one attached hydrogen (secondary N) is 1. The van der Waals surface area contributed by atoms with E-state index in [-0.39, 0.29) is 24.3 Å². The van der Waals surface area contributed by atoms with Crippen molar-refractivity contribution in [1.82, 2.24) is 15.1 Å². The molecule has 1 saturated carbocycles. The molecule has 0 spiro atoms. The number of aliphatic imine (C=N–C) groups is 1. The van der Waals surface area contributed by atoms with Gasteiger partial charge in [0.2, 0.25) is 11.8 Å². The number of hydrogen-bond donors (Lipinski definition) is 1. The van der Waals surface area contributed by atoms with Gasteiger partial charge in [0.05, 0.1) is 6.21 Å². The van der Waals surface area contributed by atoms with Crippen molar-refractivity contribution in [3.63, 3.8) is 0 Å². The average Bonchev–Trinajstić information content (AvgIpc) is 3.42.